The van der Waals surface area contributed by atoms with E-state index >= 15 is 0 Å². The minimum absolute atomic E-state index is 0.0188. The molecule has 0 aliphatic rings. The van der Waals surface area contributed by atoms with Crippen LogP contribution in [0.3, 0.4) is 0 Å². The number of carbonyl (C=O) groups excluding carboxylic acids is 1. The molecule has 1 amide bonds. The van der Waals surface area contributed by atoms with E-state index in [0.717, 1.165) is 28.8 Å². The highest BCUT2D eigenvalue weighted by Crippen LogP contribution is 2.32. The molecule has 0 spiro atoms. The summed E-state index contributed by atoms with van der Waals surface area (Å²) < 4.78 is 57.3. The number of pyridine rings is 1. The van der Waals surface area contributed by atoms with Crippen molar-refractivity contribution in [3.05, 3.63) is 72.2 Å². The first-order valence-electron chi connectivity index (χ1n) is 10.9. The third-order valence-corrected chi connectivity index (χ3v) is 6.50. The highest BCUT2D eigenvalue weighted by Gasteiger charge is 2.38. The number of rotatable bonds is 7. The first kappa shape index (κ1) is 25.4. The Balaban J connectivity index is 1.46. The molecule has 2 unspecified atom stereocenters. The van der Waals surface area contributed by atoms with Gasteiger partial charge in [-0.15, -0.1) is 0 Å². The summed E-state index contributed by atoms with van der Waals surface area (Å²) in [6.07, 6.45) is 1.15. The number of hydrogen-bond donors (Lipinski definition) is 1. The molecule has 2 aromatic carbocycles. The van der Waals surface area contributed by atoms with Gasteiger partial charge in [0.25, 0.3) is 0 Å². The van der Waals surface area contributed by atoms with E-state index in [-0.39, 0.29) is 18.0 Å². The Morgan fingerprint density at radius 1 is 1.17 bits per heavy atom. The van der Waals surface area contributed by atoms with Gasteiger partial charge in [-0.1, -0.05) is 12.1 Å². The molecule has 0 saturated heterocycles. The first-order valence-corrected chi connectivity index (χ1v) is 12.5. The minimum atomic E-state index is -4.44. The van der Waals surface area contributed by atoms with Crippen LogP contribution in [0.4, 0.5) is 18.9 Å². The Morgan fingerprint density at radius 3 is 2.64 bits per heavy atom. The van der Waals surface area contributed by atoms with Crippen LogP contribution in [0.2, 0.25) is 0 Å². The molecule has 11 heteroatoms. The summed E-state index contributed by atoms with van der Waals surface area (Å²) in [5, 5.41) is 6.99. The predicted octanol–water partition coefficient (Wildman–Crippen LogP) is 5.57. The van der Waals surface area contributed by atoms with Crippen LogP contribution in [0, 0.1) is 6.92 Å². The molecule has 2 atom stereocenters. The molecule has 2 aromatic heterocycles. The van der Waals surface area contributed by atoms with Crippen LogP contribution in [0.15, 0.2) is 66.0 Å². The number of nitrogens with zero attached hydrogens (tertiary/aromatic N) is 3. The topological polar surface area (TPSA) is 86.1 Å². The van der Waals surface area contributed by atoms with Crippen molar-refractivity contribution in [2.75, 3.05) is 11.6 Å². The second-order valence-electron chi connectivity index (χ2n) is 8.30. The number of carbonyl (C=O) groups is 1. The van der Waals surface area contributed by atoms with Gasteiger partial charge in [0.15, 0.2) is 0 Å². The number of aromatic nitrogens is 3. The van der Waals surface area contributed by atoms with Crippen LogP contribution in [-0.2, 0) is 22.0 Å². The Bertz CT molecular complexity index is 1450. The maximum atomic E-state index is 12.9. The van der Waals surface area contributed by atoms with Crippen molar-refractivity contribution < 1.29 is 26.9 Å². The van der Waals surface area contributed by atoms with Crippen LogP contribution in [0.25, 0.3) is 10.9 Å². The van der Waals surface area contributed by atoms with E-state index in [4.69, 9.17) is 4.74 Å². The van der Waals surface area contributed by atoms with Gasteiger partial charge in [0.2, 0.25) is 5.91 Å². The van der Waals surface area contributed by atoms with Crippen molar-refractivity contribution in [2.24, 2.45) is 0 Å². The average molecular weight is 517 g/mol. The molecular weight excluding hydrogens is 493 g/mol. The summed E-state index contributed by atoms with van der Waals surface area (Å²) in [6.45, 7) is 2.83. The molecule has 4 rings (SSSR count). The molecule has 0 saturated carbocycles. The number of alkyl halides is 3. The second kappa shape index (κ2) is 10.1. The van der Waals surface area contributed by atoms with Crippen molar-refractivity contribution in [3.8, 4) is 11.5 Å². The SMILES string of the molecule is Cc1cc(CC(=O)Nc2cnn(C(C)C(F)(F)F)c2)ccc1Oc1ccnc2ccc(S(C)=O)cc12. The van der Waals surface area contributed by atoms with E-state index in [1.54, 1.807) is 54.9 Å². The summed E-state index contributed by atoms with van der Waals surface area (Å²) in [5.41, 5.74) is 2.38. The quantitative estimate of drug-likeness (QED) is 0.347. The van der Waals surface area contributed by atoms with Crippen LogP contribution >= 0.6 is 0 Å². The number of fused-ring (bicyclic) bond motifs is 1. The van der Waals surface area contributed by atoms with E-state index in [2.05, 4.69) is 15.4 Å². The lowest BCUT2D eigenvalue weighted by atomic mass is 10.1. The van der Waals surface area contributed by atoms with Gasteiger partial charge in [0.1, 0.15) is 17.5 Å². The van der Waals surface area contributed by atoms with E-state index < -0.39 is 23.0 Å². The van der Waals surface area contributed by atoms with Crippen molar-refractivity contribution in [1.82, 2.24) is 14.8 Å². The number of benzene rings is 2. The number of ether oxygens (including phenoxy) is 1. The summed E-state index contributed by atoms with van der Waals surface area (Å²) in [5.74, 6) is 0.755. The van der Waals surface area contributed by atoms with Crippen LogP contribution in [0.5, 0.6) is 11.5 Å². The Labute approximate surface area is 207 Å². The summed E-state index contributed by atoms with van der Waals surface area (Å²) in [6, 6.07) is 10.6. The molecule has 0 fully saturated rings. The van der Waals surface area contributed by atoms with E-state index in [1.165, 1.54) is 6.20 Å². The van der Waals surface area contributed by atoms with Crippen molar-refractivity contribution in [2.45, 2.75) is 37.4 Å². The minimum Gasteiger partial charge on any atom is -0.456 e. The molecule has 0 aliphatic carbocycles. The number of hydrogen-bond acceptors (Lipinski definition) is 5. The fourth-order valence-corrected chi connectivity index (χ4v) is 4.12. The van der Waals surface area contributed by atoms with E-state index in [9.17, 15) is 22.2 Å². The molecule has 1 N–H and O–H groups in total. The summed E-state index contributed by atoms with van der Waals surface area (Å²) >= 11 is 0. The van der Waals surface area contributed by atoms with Crippen LogP contribution in [0.1, 0.15) is 24.1 Å². The molecule has 0 bridgehead atoms. The predicted molar refractivity (Wildman–Crippen MR) is 131 cm³/mol. The summed E-state index contributed by atoms with van der Waals surface area (Å²) in [4.78, 5) is 17.4. The number of halogens is 3. The third-order valence-electron chi connectivity index (χ3n) is 5.58. The molecule has 188 valence electrons. The van der Waals surface area contributed by atoms with E-state index in [0.29, 0.717) is 27.5 Å². The number of nitrogens with one attached hydrogen (secondary N) is 1. The van der Waals surface area contributed by atoms with Gasteiger partial charge in [0, 0.05) is 39.7 Å². The zero-order valence-corrected chi connectivity index (χ0v) is 20.5. The lowest BCUT2D eigenvalue weighted by molar-refractivity contribution is -0.165. The van der Waals surface area contributed by atoms with Crippen LogP contribution < -0.4 is 10.1 Å². The molecule has 0 radical (unpaired) electrons. The molecule has 4 aromatic rings. The average Bonchev–Trinajstić information content (AvgIpc) is 3.27. The Kier molecular flexibility index (Phi) is 7.11. The first-order chi connectivity index (χ1) is 17.0. The largest absolute Gasteiger partial charge is 0.456 e. The molecule has 36 heavy (non-hydrogen) atoms. The highest BCUT2D eigenvalue weighted by atomic mass is 32.2. The Morgan fingerprint density at radius 2 is 1.94 bits per heavy atom. The van der Waals surface area contributed by atoms with Crippen molar-refractivity contribution in [3.63, 3.8) is 0 Å². The Hall–Kier alpha value is -3.73. The lowest BCUT2D eigenvalue weighted by Gasteiger charge is -2.15. The third kappa shape index (κ3) is 5.73. The zero-order chi connectivity index (χ0) is 26.0. The second-order valence-corrected chi connectivity index (χ2v) is 9.68. The molecular formula is C25H23F3N4O3S. The van der Waals surface area contributed by atoms with Gasteiger partial charge >= 0.3 is 6.18 Å². The highest BCUT2D eigenvalue weighted by molar-refractivity contribution is 7.84. The van der Waals surface area contributed by atoms with Crippen LogP contribution in [-0.4, -0.2) is 37.3 Å². The molecule has 7 nitrogen and oxygen atoms in total. The number of amides is 1. The normalized spacial score (nSPS) is 13.4. The smallest absolute Gasteiger partial charge is 0.410 e. The van der Waals surface area contributed by atoms with Crippen molar-refractivity contribution >= 4 is 33.3 Å². The van der Waals surface area contributed by atoms with Gasteiger partial charge < -0.3 is 10.1 Å². The van der Waals surface area contributed by atoms with Gasteiger partial charge in [0.05, 0.1) is 23.8 Å². The maximum absolute atomic E-state index is 12.9. The van der Waals surface area contributed by atoms with E-state index in [1.807, 2.05) is 6.92 Å². The van der Waals surface area contributed by atoms with Crippen molar-refractivity contribution in [1.29, 1.82) is 0 Å². The number of anilines is 1. The fraction of sp³-hybridized carbons (Fsp3) is 0.240. The summed E-state index contributed by atoms with van der Waals surface area (Å²) in [7, 11) is -1.15. The standard InChI is InChI=1S/C25H23F3N4O3S/c1-15-10-17(11-24(33)31-18-13-30-32(14-18)16(2)25(26,27)28)4-7-22(15)35-23-8-9-29-21-6-5-19(36(3)34)12-20(21)23/h4-10,12-14,16H,11H2,1-3H3,(H,31,33). The maximum Gasteiger partial charge on any atom is 0.410 e. The van der Waals surface area contributed by atoms with Gasteiger partial charge in [-0.05, 0) is 55.3 Å². The van der Waals surface area contributed by atoms with Gasteiger partial charge in [-0.3, -0.25) is 18.7 Å². The van der Waals surface area contributed by atoms with Gasteiger partial charge in [-0.25, -0.2) is 0 Å². The molecule has 2 heterocycles. The monoisotopic (exact) mass is 516 g/mol. The lowest BCUT2D eigenvalue weighted by Crippen LogP contribution is -2.24. The fourth-order valence-electron chi connectivity index (χ4n) is 3.58. The molecule has 0 aliphatic heterocycles. The zero-order valence-electron chi connectivity index (χ0n) is 19.7. The number of aryl methyl sites for hydroxylation is 1. The van der Waals surface area contributed by atoms with Gasteiger partial charge in [-0.2, -0.15) is 18.3 Å².